The number of nitrogens with two attached hydrogens (primary N) is 1. The lowest BCUT2D eigenvalue weighted by Gasteiger charge is -2.22. The maximum atomic E-state index is 9.23. The first kappa shape index (κ1) is 10.4. The highest BCUT2D eigenvalue weighted by atomic mass is 35.5. The molecule has 1 aliphatic rings. The van der Waals surface area contributed by atoms with E-state index in [-0.39, 0.29) is 10.9 Å². The van der Waals surface area contributed by atoms with Gasteiger partial charge < -0.3 is 15.7 Å². The molecule has 2 rings (SSSR count). The van der Waals surface area contributed by atoms with Gasteiger partial charge in [0.05, 0.1) is 0 Å². The first-order chi connectivity index (χ1) is 7.63. The molecular weight excluding hydrogens is 232 g/mol. The minimum atomic E-state index is 0.0908. The average molecular weight is 241 g/mol. The fraction of sp³-hybridized carbons (Fsp3) is 0. The summed E-state index contributed by atoms with van der Waals surface area (Å²) < 4.78 is 0. The Bertz CT molecular complexity index is 461. The Hall–Kier alpha value is -2.08. The van der Waals surface area contributed by atoms with Crippen LogP contribution in [0.2, 0.25) is 0 Å². The normalized spacial score (nSPS) is 14.9. The van der Waals surface area contributed by atoms with E-state index in [4.69, 9.17) is 22.2 Å². The van der Waals surface area contributed by atoms with Crippen LogP contribution in [0.25, 0.3) is 0 Å². The van der Waals surface area contributed by atoms with Crippen LogP contribution in [-0.2, 0) is 0 Å². The molecule has 0 saturated carbocycles. The van der Waals surface area contributed by atoms with E-state index in [0.29, 0.717) is 11.6 Å². The lowest BCUT2D eigenvalue weighted by atomic mass is 10.3. The summed E-state index contributed by atoms with van der Waals surface area (Å²) in [5.41, 5.74) is 8.12. The van der Waals surface area contributed by atoms with Crippen molar-refractivity contribution in [1.29, 1.82) is 0 Å². The number of aromatic hydroxyl groups is 1. The summed E-state index contributed by atoms with van der Waals surface area (Å²) in [7, 11) is 0. The highest BCUT2D eigenvalue weighted by Gasteiger charge is 2.11. The van der Waals surface area contributed by atoms with Crippen molar-refractivity contribution in [1.82, 2.24) is 10.7 Å². The van der Waals surface area contributed by atoms with Crippen molar-refractivity contribution in [2.24, 2.45) is 10.8 Å². The quantitative estimate of drug-likeness (QED) is 0.714. The number of hydrazine groups is 1. The summed E-state index contributed by atoms with van der Waals surface area (Å²) in [5, 5.41) is 14.2. The van der Waals surface area contributed by atoms with Gasteiger partial charge in [-0.25, -0.2) is 5.43 Å². The van der Waals surface area contributed by atoms with Crippen LogP contribution < -0.4 is 16.0 Å². The van der Waals surface area contributed by atoms with Gasteiger partial charge in [-0.3, -0.25) is 0 Å². The second kappa shape index (κ2) is 4.19. The van der Waals surface area contributed by atoms with Gasteiger partial charge in [0, 0.05) is 12.1 Å². The van der Waals surface area contributed by atoms with E-state index in [0.717, 1.165) is 5.28 Å². The van der Waals surface area contributed by atoms with Gasteiger partial charge in [-0.2, -0.15) is 0 Å². The molecule has 1 aromatic rings. The second-order valence-corrected chi connectivity index (χ2v) is 3.38. The molecule has 0 radical (unpaired) electrons. The smallest absolute Gasteiger partial charge is 0.163 e. The topological polar surface area (TPSA) is 83.1 Å². The number of hydrogen-bond donors (Lipinski definition) is 3. The summed E-state index contributed by atoms with van der Waals surface area (Å²) in [6, 6.07) is 6.25. The van der Waals surface area contributed by atoms with E-state index >= 15 is 0 Å². The van der Waals surface area contributed by atoms with E-state index in [1.165, 1.54) is 18.2 Å². The van der Waals surface area contributed by atoms with E-state index in [9.17, 15) is 5.11 Å². The Morgan fingerprint density at radius 1 is 1.50 bits per heavy atom. The van der Waals surface area contributed by atoms with Crippen molar-refractivity contribution < 1.29 is 9.94 Å². The fourth-order valence-corrected chi connectivity index (χ4v) is 1.28. The van der Waals surface area contributed by atoms with E-state index < -0.39 is 0 Å². The van der Waals surface area contributed by atoms with Crippen molar-refractivity contribution >= 4 is 16.8 Å². The Labute approximate surface area is 96.5 Å². The van der Waals surface area contributed by atoms with Gasteiger partial charge in [0.25, 0.3) is 0 Å². The lowest BCUT2D eigenvalue weighted by Crippen LogP contribution is -2.41. The minimum absolute atomic E-state index is 0.0908. The van der Waals surface area contributed by atoms with E-state index in [1.54, 1.807) is 12.1 Å². The molecule has 1 heterocycles. The number of benzene rings is 1. The van der Waals surface area contributed by atoms with Crippen LogP contribution in [0.1, 0.15) is 0 Å². The molecule has 0 bridgehead atoms. The maximum Gasteiger partial charge on any atom is 0.163 e. The zero-order valence-corrected chi connectivity index (χ0v) is 8.85. The molecule has 0 aromatic heterocycles. The third-order valence-electron chi connectivity index (χ3n) is 1.70. The molecule has 0 amide bonds. The molecule has 0 spiro atoms. The molecule has 7 heteroatoms. The van der Waals surface area contributed by atoms with Crippen molar-refractivity contribution in [2.45, 2.75) is 0 Å². The number of allylic oxidation sites excluding steroid dienone is 1. The Kier molecular flexibility index (Phi) is 2.74. The number of hydrogen-bond acceptors (Lipinski definition) is 6. The largest absolute Gasteiger partial charge is 0.508 e. The highest BCUT2D eigenvalue weighted by Crippen LogP contribution is 2.19. The standard InChI is InChI=1S/C9H9ClN4O2/c10-8-5-9(11)13-14(12-8)16-7-3-1-2-6(15)4-7/h1-5,13,15H,11H2. The highest BCUT2D eigenvalue weighted by molar-refractivity contribution is 6.68. The van der Waals surface area contributed by atoms with Gasteiger partial charge >= 0.3 is 0 Å². The zero-order chi connectivity index (χ0) is 11.5. The molecular formula is C9H9ClN4O2. The minimum Gasteiger partial charge on any atom is -0.508 e. The van der Waals surface area contributed by atoms with Crippen molar-refractivity contribution in [3.05, 3.63) is 36.2 Å². The van der Waals surface area contributed by atoms with Crippen LogP contribution in [-0.4, -0.2) is 15.6 Å². The third kappa shape index (κ3) is 2.48. The number of phenolic OH excluding ortho intramolecular Hbond substituents is 1. The van der Waals surface area contributed by atoms with Crippen molar-refractivity contribution in [3.63, 3.8) is 0 Å². The van der Waals surface area contributed by atoms with Gasteiger partial charge in [0.1, 0.15) is 11.6 Å². The second-order valence-electron chi connectivity index (χ2n) is 3.00. The van der Waals surface area contributed by atoms with Crippen LogP contribution in [0, 0.1) is 0 Å². The molecule has 16 heavy (non-hydrogen) atoms. The summed E-state index contributed by atoms with van der Waals surface area (Å²) >= 11 is 5.69. The molecule has 0 unspecified atom stereocenters. The summed E-state index contributed by atoms with van der Waals surface area (Å²) in [4.78, 5) is 5.25. The third-order valence-corrected chi connectivity index (χ3v) is 1.88. The van der Waals surface area contributed by atoms with Gasteiger partial charge in [-0.05, 0) is 17.4 Å². The van der Waals surface area contributed by atoms with Crippen LogP contribution >= 0.6 is 11.6 Å². The number of halogens is 1. The first-order valence-electron chi connectivity index (χ1n) is 4.38. The fourth-order valence-electron chi connectivity index (χ4n) is 1.10. The molecule has 0 aliphatic carbocycles. The number of phenols is 1. The van der Waals surface area contributed by atoms with Crippen LogP contribution in [0.4, 0.5) is 0 Å². The molecule has 0 atom stereocenters. The Morgan fingerprint density at radius 3 is 3.00 bits per heavy atom. The van der Waals surface area contributed by atoms with Gasteiger partial charge in [0.2, 0.25) is 0 Å². The average Bonchev–Trinajstić information content (AvgIpc) is 2.15. The summed E-state index contributed by atoms with van der Waals surface area (Å²) in [6.45, 7) is 0. The number of nitrogens with zero attached hydrogens (tertiary/aromatic N) is 2. The molecule has 6 nitrogen and oxygen atoms in total. The van der Waals surface area contributed by atoms with Crippen LogP contribution in [0.15, 0.2) is 41.3 Å². The molecule has 0 fully saturated rings. The number of hydrazone groups is 1. The zero-order valence-electron chi connectivity index (χ0n) is 8.09. The van der Waals surface area contributed by atoms with Crippen molar-refractivity contribution in [2.75, 3.05) is 0 Å². The Morgan fingerprint density at radius 2 is 2.31 bits per heavy atom. The first-order valence-corrected chi connectivity index (χ1v) is 4.76. The van der Waals surface area contributed by atoms with E-state index in [1.807, 2.05) is 0 Å². The summed E-state index contributed by atoms with van der Waals surface area (Å²) in [5.74, 6) is 0.795. The molecule has 84 valence electrons. The summed E-state index contributed by atoms with van der Waals surface area (Å²) in [6.07, 6.45) is 1.45. The van der Waals surface area contributed by atoms with Crippen LogP contribution in [0.5, 0.6) is 11.5 Å². The Balaban J connectivity index is 2.09. The monoisotopic (exact) mass is 240 g/mol. The predicted octanol–water partition coefficient (Wildman–Crippen LogP) is 0.859. The SMILES string of the molecule is NC1=CC(Cl)=NN(Oc2cccc(O)c2)N1. The van der Waals surface area contributed by atoms with Gasteiger partial charge in [-0.15, -0.1) is 5.10 Å². The van der Waals surface area contributed by atoms with Crippen molar-refractivity contribution in [3.8, 4) is 11.5 Å². The molecule has 1 aromatic carbocycles. The molecule has 4 N–H and O–H groups in total. The lowest BCUT2D eigenvalue weighted by molar-refractivity contribution is -0.0964. The molecule has 1 aliphatic heterocycles. The number of rotatable bonds is 2. The van der Waals surface area contributed by atoms with Crippen LogP contribution in [0.3, 0.4) is 0 Å². The molecule has 0 saturated heterocycles. The van der Waals surface area contributed by atoms with Gasteiger partial charge in [0.15, 0.2) is 10.9 Å². The van der Waals surface area contributed by atoms with Gasteiger partial charge in [-0.1, -0.05) is 17.7 Å². The number of nitrogens with one attached hydrogen (secondary N) is 1. The maximum absolute atomic E-state index is 9.23. The predicted molar refractivity (Wildman–Crippen MR) is 59.3 cm³/mol. The van der Waals surface area contributed by atoms with E-state index in [2.05, 4.69) is 10.5 Å².